The number of allylic oxidation sites excluding steroid dienone is 1. The topological polar surface area (TPSA) is 52.5 Å². The lowest BCUT2D eigenvalue weighted by molar-refractivity contribution is -0.251. The van der Waals surface area contributed by atoms with Crippen LogP contribution in [0.15, 0.2) is 11.8 Å². The molecule has 0 radical (unpaired) electrons. The molecular formula is C6H7F6NO2. The summed E-state index contributed by atoms with van der Waals surface area (Å²) in [6.07, 6.45) is -11.5. The number of aliphatic hydroxyl groups excluding tert-OH is 1. The summed E-state index contributed by atoms with van der Waals surface area (Å²) in [6.45, 7) is 0. The van der Waals surface area contributed by atoms with E-state index in [1.807, 2.05) is 0 Å². The molecular weight excluding hydrogens is 232 g/mol. The minimum atomic E-state index is -5.39. The maximum atomic E-state index is 12.0. The van der Waals surface area contributed by atoms with Gasteiger partial charge >= 0.3 is 12.4 Å². The number of halogens is 6. The smallest absolute Gasteiger partial charge is 0.448 e. The molecule has 0 aliphatic carbocycles. The predicted molar refractivity (Wildman–Crippen MR) is 36.8 cm³/mol. The van der Waals surface area contributed by atoms with Gasteiger partial charge in [-0.25, -0.2) is 0 Å². The summed E-state index contributed by atoms with van der Waals surface area (Å²) in [7, 11) is 0.591. The molecule has 0 heterocycles. The van der Waals surface area contributed by atoms with E-state index in [1.165, 1.54) is 5.32 Å². The minimum Gasteiger partial charge on any atom is -0.504 e. The van der Waals surface area contributed by atoms with Gasteiger partial charge in [0.1, 0.15) is 0 Å². The summed E-state index contributed by atoms with van der Waals surface area (Å²) in [6, 6.07) is 0. The summed E-state index contributed by atoms with van der Waals surface area (Å²) < 4.78 is 71.1. The highest BCUT2D eigenvalue weighted by atomic mass is 19.4. The number of aliphatic hydroxyl groups is 2. The van der Waals surface area contributed by atoms with E-state index in [0.717, 1.165) is 0 Å². The number of hydrogen-bond donors (Lipinski definition) is 3. The molecule has 0 fully saturated rings. The zero-order valence-corrected chi connectivity index (χ0v) is 7.24. The molecule has 1 unspecified atom stereocenters. The molecule has 0 aliphatic heterocycles. The third-order valence-electron chi connectivity index (χ3n) is 1.45. The maximum absolute atomic E-state index is 12.0. The normalized spacial score (nSPS) is 18.8. The largest absolute Gasteiger partial charge is 0.504 e. The van der Waals surface area contributed by atoms with Crippen molar-refractivity contribution in [2.45, 2.75) is 18.1 Å². The lowest BCUT2D eigenvalue weighted by Crippen LogP contribution is -2.54. The van der Waals surface area contributed by atoms with Crippen molar-refractivity contribution in [2.24, 2.45) is 0 Å². The molecule has 1 atom stereocenters. The average molecular weight is 239 g/mol. The van der Waals surface area contributed by atoms with Crippen LogP contribution < -0.4 is 5.32 Å². The van der Waals surface area contributed by atoms with Crippen LogP contribution in [0.1, 0.15) is 0 Å². The van der Waals surface area contributed by atoms with Crippen LogP contribution >= 0.6 is 0 Å². The van der Waals surface area contributed by atoms with Gasteiger partial charge in [-0.1, -0.05) is 0 Å². The standard InChI is InChI=1S/C6H7F6NO2/c1-13-4(15,6(10,11)12)2-3(14)5(7,8)9/h2,13-15H,1H3/b3-2-. The quantitative estimate of drug-likeness (QED) is 0.388. The van der Waals surface area contributed by atoms with Gasteiger partial charge in [0, 0.05) is 6.08 Å². The molecule has 0 aromatic heterocycles. The number of hydrogen-bond acceptors (Lipinski definition) is 3. The van der Waals surface area contributed by atoms with E-state index in [9.17, 15) is 26.3 Å². The molecule has 0 spiro atoms. The van der Waals surface area contributed by atoms with Gasteiger partial charge < -0.3 is 10.2 Å². The molecule has 0 saturated carbocycles. The highest BCUT2D eigenvalue weighted by Gasteiger charge is 2.53. The van der Waals surface area contributed by atoms with Gasteiger partial charge in [0.2, 0.25) is 5.72 Å². The summed E-state index contributed by atoms with van der Waals surface area (Å²) in [5.41, 5.74) is -3.92. The third-order valence-corrected chi connectivity index (χ3v) is 1.45. The van der Waals surface area contributed by atoms with Crippen molar-refractivity contribution in [3.63, 3.8) is 0 Å². The Hall–Kier alpha value is -0.960. The molecule has 3 nitrogen and oxygen atoms in total. The molecule has 0 aliphatic rings. The first-order valence-corrected chi connectivity index (χ1v) is 3.41. The number of alkyl halides is 6. The number of rotatable bonds is 2. The second-order valence-corrected chi connectivity index (χ2v) is 2.54. The van der Waals surface area contributed by atoms with E-state index in [-0.39, 0.29) is 0 Å². The van der Waals surface area contributed by atoms with E-state index in [4.69, 9.17) is 10.2 Å². The fraction of sp³-hybridized carbons (Fsp3) is 0.667. The highest BCUT2D eigenvalue weighted by molar-refractivity contribution is 5.10. The number of likely N-dealkylation sites (N-methyl/N-ethyl adjacent to an activating group) is 1. The first-order valence-electron chi connectivity index (χ1n) is 3.41. The van der Waals surface area contributed by atoms with Crippen molar-refractivity contribution in [3.05, 3.63) is 11.8 Å². The average Bonchev–Trinajstić information content (AvgIpc) is 2.00. The van der Waals surface area contributed by atoms with Crippen LogP contribution in [0.3, 0.4) is 0 Å². The molecule has 90 valence electrons. The maximum Gasteiger partial charge on any atom is 0.448 e. The van der Waals surface area contributed by atoms with E-state index in [2.05, 4.69) is 0 Å². The van der Waals surface area contributed by atoms with Crippen LogP contribution in [0.4, 0.5) is 26.3 Å². The van der Waals surface area contributed by atoms with E-state index in [1.54, 1.807) is 0 Å². The van der Waals surface area contributed by atoms with Crippen LogP contribution in [-0.4, -0.2) is 35.3 Å². The Morgan fingerprint density at radius 1 is 1.13 bits per heavy atom. The van der Waals surface area contributed by atoms with Gasteiger partial charge in [-0.05, 0) is 7.05 Å². The Kier molecular flexibility index (Phi) is 3.64. The van der Waals surface area contributed by atoms with E-state index >= 15 is 0 Å². The lowest BCUT2D eigenvalue weighted by Gasteiger charge is -2.27. The van der Waals surface area contributed by atoms with Gasteiger partial charge in [-0.15, -0.1) is 0 Å². The second kappa shape index (κ2) is 3.89. The fourth-order valence-corrected chi connectivity index (χ4v) is 0.575. The van der Waals surface area contributed by atoms with Gasteiger partial charge in [0.05, 0.1) is 0 Å². The monoisotopic (exact) mass is 239 g/mol. The van der Waals surface area contributed by atoms with Crippen molar-refractivity contribution in [1.82, 2.24) is 5.32 Å². The molecule has 0 saturated heterocycles. The molecule has 3 N–H and O–H groups in total. The highest BCUT2D eigenvalue weighted by Crippen LogP contribution is 2.32. The van der Waals surface area contributed by atoms with Crippen LogP contribution in [0, 0.1) is 0 Å². The van der Waals surface area contributed by atoms with Crippen molar-refractivity contribution >= 4 is 0 Å². The van der Waals surface area contributed by atoms with Gasteiger partial charge in [-0.3, -0.25) is 5.32 Å². The van der Waals surface area contributed by atoms with Gasteiger partial charge in [-0.2, -0.15) is 26.3 Å². The van der Waals surface area contributed by atoms with E-state index in [0.29, 0.717) is 7.05 Å². The summed E-state index contributed by atoms with van der Waals surface area (Å²) >= 11 is 0. The summed E-state index contributed by atoms with van der Waals surface area (Å²) in [4.78, 5) is 0. The minimum absolute atomic E-state index is 0.591. The predicted octanol–water partition coefficient (Wildman–Crippen LogP) is 1.46. The second-order valence-electron chi connectivity index (χ2n) is 2.54. The fourth-order valence-electron chi connectivity index (χ4n) is 0.575. The van der Waals surface area contributed by atoms with Crippen molar-refractivity contribution in [1.29, 1.82) is 0 Å². The molecule has 15 heavy (non-hydrogen) atoms. The molecule has 0 bridgehead atoms. The summed E-state index contributed by atoms with van der Waals surface area (Å²) in [5.74, 6) is -2.53. The molecule has 9 heteroatoms. The Morgan fingerprint density at radius 3 is 1.73 bits per heavy atom. The first-order chi connectivity index (χ1) is 6.44. The van der Waals surface area contributed by atoms with Gasteiger partial charge in [0.25, 0.3) is 0 Å². The molecule has 0 rings (SSSR count). The Labute approximate surface area is 80.0 Å². The van der Waals surface area contributed by atoms with Crippen LogP contribution in [0.2, 0.25) is 0 Å². The van der Waals surface area contributed by atoms with Crippen molar-refractivity contribution in [2.75, 3.05) is 7.05 Å². The molecule has 0 aromatic rings. The number of nitrogens with one attached hydrogen (secondary N) is 1. The first kappa shape index (κ1) is 14.0. The van der Waals surface area contributed by atoms with Crippen molar-refractivity contribution in [3.8, 4) is 0 Å². The Balaban J connectivity index is 5.20. The van der Waals surface area contributed by atoms with Crippen LogP contribution in [0.25, 0.3) is 0 Å². The zero-order chi connectivity index (χ0) is 12.5. The SMILES string of the molecule is CNC(O)(/C=C(\O)C(F)(F)F)C(F)(F)F. The molecule has 0 aromatic carbocycles. The lowest BCUT2D eigenvalue weighted by atomic mass is 10.2. The van der Waals surface area contributed by atoms with Crippen LogP contribution in [-0.2, 0) is 0 Å². The van der Waals surface area contributed by atoms with E-state index < -0.39 is 29.9 Å². The zero-order valence-electron chi connectivity index (χ0n) is 7.24. The summed E-state index contributed by atoms with van der Waals surface area (Å²) in [5, 5.41) is 18.2. The van der Waals surface area contributed by atoms with Crippen molar-refractivity contribution < 1.29 is 36.6 Å². The third kappa shape index (κ3) is 3.27. The Bertz CT molecular complexity index is 257. The molecule has 0 amide bonds. The Morgan fingerprint density at radius 2 is 1.53 bits per heavy atom. The van der Waals surface area contributed by atoms with Crippen LogP contribution in [0.5, 0.6) is 0 Å². The van der Waals surface area contributed by atoms with Gasteiger partial charge in [0.15, 0.2) is 5.76 Å².